The van der Waals surface area contributed by atoms with Crippen molar-refractivity contribution < 1.29 is 14.0 Å². The summed E-state index contributed by atoms with van der Waals surface area (Å²) in [5, 5.41) is 3.46. The molecule has 3 rings (SSSR count). The van der Waals surface area contributed by atoms with E-state index < -0.39 is 6.04 Å². The molecule has 26 heavy (non-hydrogen) atoms. The van der Waals surface area contributed by atoms with E-state index in [1.807, 2.05) is 24.3 Å². The Hall–Kier alpha value is -2.40. The molecule has 2 aromatic carbocycles. The first kappa shape index (κ1) is 18.4. The first-order valence-corrected chi connectivity index (χ1v) is 8.99. The molecule has 6 heteroatoms. The number of halogens is 2. The minimum absolute atomic E-state index is 0.0665. The first-order chi connectivity index (χ1) is 12.5. The standard InChI is InChI=1S/C20H20ClFN2O2/c21-16-8-4-14(5-9-16)2-1-3-18(25)24-13-12-23-20(26)19(24)15-6-10-17(22)11-7-15/h4-11,19H,1-3,12-13H2,(H,23,26). The van der Waals surface area contributed by atoms with E-state index in [9.17, 15) is 14.0 Å². The number of carbonyl (C=O) groups is 2. The Labute approximate surface area is 157 Å². The van der Waals surface area contributed by atoms with E-state index in [1.165, 1.54) is 12.1 Å². The topological polar surface area (TPSA) is 49.4 Å². The molecule has 0 aromatic heterocycles. The second-order valence-electron chi connectivity index (χ2n) is 6.31. The van der Waals surface area contributed by atoms with E-state index in [2.05, 4.69) is 5.32 Å². The Morgan fingerprint density at radius 3 is 2.54 bits per heavy atom. The third-order valence-electron chi connectivity index (χ3n) is 4.49. The fourth-order valence-electron chi connectivity index (χ4n) is 3.15. The van der Waals surface area contributed by atoms with Crippen molar-refractivity contribution in [2.75, 3.05) is 13.1 Å². The molecule has 0 aliphatic carbocycles. The summed E-state index contributed by atoms with van der Waals surface area (Å²) in [5.74, 6) is -0.664. The quantitative estimate of drug-likeness (QED) is 0.870. The molecule has 1 saturated heterocycles. The van der Waals surface area contributed by atoms with Crippen LogP contribution in [0.2, 0.25) is 5.02 Å². The van der Waals surface area contributed by atoms with Crippen LogP contribution in [0.1, 0.15) is 30.0 Å². The number of piperazine rings is 1. The van der Waals surface area contributed by atoms with Gasteiger partial charge in [0.15, 0.2) is 0 Å². The molecule has 2 aromatic rings. The maximum absolute atomic E-state index is 13.2. The molecule has 1 heterocycles. The number of hydrogen-bond donors (Lipinski definition) is 1. The molecule has 1 N–H and O–H groups in total. The third-order valence-corrected chi connectivity index (χ3v) is 4.74. The molecule has 0 radical (unpaired) electrons. The summed E-state index contributed by atoms with van der Waals surface area (Å²) < 4.78 is 13.2. The summed E-state index contributed by atoms with van der Waals surface area (Å²) >= 11 is 5.87. The molecule has 136 valence electrons. The Kier molecular flexibility index (Phi) is 5.89. The van der Waals surface area contributed by atoms with Gasteiger partial charge in [0.2, 0.25) is 11.8 Å². The van der Waals surface area contributed by atoms with E-state index in [-0.39, 0.29) is 17.6 Å². The van der Waals surface area contributed by atoms with Crippen LogP contribution in [0.5, 0.6) is 0 Å². The molecular weight excluding hydrogens is 355 g/mol. The van der Waals surface area contributed by atoms with Gasteiger partial charge in [0, 0.05) is 24.5 Å². The highest BCUT2D eigenvalue weighted by Gasteiger charge is 2.33. The number of nitrogens with zero attached hydrogens (tertiary/aromatic N) is 1. The van der Waals surface area contributed by atoms with E-state index in [0.717, 1.165) is 12.0 Å². The number of rotatable bonds is 5. The van der Waals surface area contributed by atoms with Gasteiger partial charge in [-0.1, -0.05) is 35.9 Å². The van der Waals surface area contributed by atoms with Crippen LogP contribution in [0.4, 0.5) is 4.39 Å². The summed E-state index contributed by atoms with van der Waals surface area (Å²) in [6, 6.07) is 12.6. The minimum Gasteiger partial charge on any atom is -0.352 e. The first-order valence-electron chi connectivity index (χ1n) is 8.61. The largest absolute Gasteiger partial charge is 0.352 e. The number of nitrogens with one attached hydrogen (secondary N) is 1. The van der Waals surface area contributed by atoms with Crippen LogP contribution in [-0.2, 0) is 16.0 Å². The smallest absolute Gasteiger partial charge is 0.247 e. The average molecular weight is 375 g/mol. The van der Waals surface area contributed by atoms with Crippen molar-refractivity contribution in [2.24, 2.45) is 0 Å². The lowest BCUT2D eigenvalue weighted by molar-refractivity contribution is -0.143. The van der Waals surface area contributed by atoms with Crippen LogP contribution >= 0.6 is 11.6 Å². The van der Waals surface area contributed by atoms with Crippen molar-refractivity contribution in [1.29, 1.82) is 0 Å². The molecule has 1 aliphatic heterocycles. The molecule has 1 unspecified atom stereocenters. The van der Waals surface area contributed by atoms with Gasteiger partial charge in [-0.2, -0.15) is 0 Å². The van der Waals surface area contributed by atoms with Gasteiger partial charge in [0.1, 0.15) is 11.9 Å². The second kappa shape index (κ2) is 8.32. The van der Waals surface area contributed by atoms with Crippen molar-refractivity contribution in [3.8, 4) is 0 Å². The maximum atomic E-state index is 13.2. The molecule has 4 nitrogen and oxygen atoms in total. The summed E-state index contributed by atoms with van der Waals surface area (Å²) in [5.41, 5.74) is 1.74. The number of amides is 2. The monoisotopic (exact) mass is 374 g/mol. The number of benzene rings is 2. The second-order valence-corrected chi connectivity index (χ2v) is 6.75. The predicted molar refractivity (Wildman–Crippen MR) is 98.3 cm³/mol. The molecule has 0 bridgehead atoms. The molecule has 1 atom stereocenters. The Balaban J connectivity index is 1.64. The molecule has 0 spiro atoms. The van der Waals surface area contributed by atoms with Gasteiger partial charge in [0.25, 0.3) is 0 Å². The minimum atomic E-state index is -0.701. The lowest BCUT2D eigenvalue weighted by Gasteiger charge is -2.35. The van der Waals surface area contributed by atoms with Crippen molar-refractivity contribution in [1.82, 2.24) is 10.2 Å². The van der Waals surface area contributed by atoms with Crippen LogP contribution in [0, 0.1) is 5.82 Å². The van der Waals surface area contributed by atoms with Crippen LogP contribution in [-0.4, -0.2) is 29.8 Å². The molecule has 0 saturated carbocycles. The molecular formula is C20H20ClFN2O2. The highest BCUT2D eigenvalue weighted by Crippen LogP contribution is 2.25. The van der Waals surface area contributed by atoms with Crippen molar-refractivity contribution in [2.45, 2.75) is 25.3 Å². The number of hydrogen-bond acceptors (Lipinski definition) is 2. The summed E-state index contributed by atoms with van der Waals surface area (Å²) in [6.45, 7) is 0.882. The SMILES string of the molecule is O=C1NCCN(C(=O)CCCc2ccc(Cl)cc2)C1c1ccc(F)cc1. The van der Waals surface area contributed by atoms with Gasteiger partial charge in [-0.3, -0.25) is 9.59 Å². The van der Waals surface area contributed by atoms with E-state index >= 15 is 0 Å². The molecule has 1 aliphatic rings. The van der Waals surface area contributed by atoms with E-state index in [0.29, 0.717) is 36.5 Å². The maximum Gasteiger partial charge on any atom is 0.247 e. The zero-order chi connectivity index (χ0) is 18.5. The zero-order valence-electron chi connectivity index (χ0n) is 14.3. The van der Waals surface area contributed by atoms with E-state index in [1.54, 1.807) is 17.0 Å². The Morgan fingerprint density at radius 2 is 1.85 bits per heavy atom. The van der Waals surface area contributed by atoms with Gasteiger partial charge < -0.3 is 10.2 Å². The van der Waals surface area contributed by atoms with Gasteiger partial charge in [-0.25, -0.2) is 4.39 Å². The lowest BCUT2D eigenvalue weighted by atomic mass is 10.0. The fourth-order valence-corrected chi connectivity index (χ4v) is 3.28. The predicted octanol–water partition coefficient (Wildman–Crippen LogP) is 3.50. The van der Waals surface area contributed by atoms with Crippen LogP contribution in [0.15, 0.2) is 48.5 Å². The average Bonchev–Trinajstić information content (AvgIpc) is 2.64. The van der Waals surface area contributed by atoms with Gasteiger partial charge >= 0.3 is 0 Å². The number of carbonyl (C=O) groups excluding carboxylic acids is 2. The summed E-state index contributed by atoms with van der Waals surface area (Å²) in [4.78, 5) is 26.6. The van der Waals surface area contributed by atoms with Gasteiger partial charge in [-0.05, 0) is 48.2 Å². The van der Waals surface area contributed by atoms with Crippen molar-refractivity contribution >= 4 is 23.4 Å². The highest BCUT2D eigenvalue weighted by atomic mass is 35.5. The summed E-state index contributed by atoms with van der Waals surface area (Å²) in [6.07, 6.45) is 1.81. The Bertz CT molecular complexity index is 777. The van der Waals surface area contributed by atoms with Crippen molar-refractivity contribution in [3.05, 3.63) is 70.5 Å². The number of aryl methyl sites for hydroxylation is 1. The highest BCUT2D eigenvalue weighted by molar-refractivity contribution is 6.30. The van der Waals surface area contributed by atoms with Gasteiger partial charge in [-0.15, -0.1) is 0 Å². The third kappa shape index (κ3) is 4.41. The van der Waals surface area contributed by atoms with Gasteiger partial charge in [0.05, 0.1) is 0 Å². The molecule has 1 fully saturated rings. The lowest BCUT2D eigenvalue weighted by Crippen LogP contribution is -2.52. The van der Waals surface area contributed by atoms with Crippen LogP contribution in [0.3, 0.4) is 0 Å². The van der Waals surface area contributed by atoms with Crippen LogP contribution < -0.4 is 5.32 Å². The zero-order valence-corrected chi connectivity index (χ0v) is 15.0. The Morgan fingerprint density at radius 1 is 1.15 bits per heavy atom. The summed E-state index contributed by atoms with van der Waals surface area (Å²) in [7, 11) is 0. The van der Waals surface area contributed by atoms with Crippen LogP contribution in [0.25, 0.3) is 0 Å². The van der Waals surface area contributed by atoms with Crippen molar-refractivity contribution in [3.63, 3.8) is 0 Å². The molecule has 2 amide bonds. The fraction of sp³-hybridized carbons (Fsp3) is 0.300. The normalized spacial score (nSPS) is 17.1. The van der Waals surface area contributed by atoms with E-state index in [4.69, 9.17) is 11.6 Å².